The second-order valence-electron chi connectivity index (χ2n) is 28.8. The van der Waals surface area contributed by atoms with Crippen molar-refractivity contribution in [3.05, 3.63) is 156 Å². The highest BCUT2D eigenvalue weighted by atomic mass is 16.5. The molecule has 558 valence electrons. The van der Waals surface area contributed by atoms with Gasteiger partial charge in [-0.2, -0.15) is 0 Å². The number of fused-ring (bicyclic) bond motifs is 18. The number of phenols is 1. The van der Waals surface area contributed by atoms with E-state index in [4.69, 9.17) is 42.6 Å². The quantitative estimate of drug-likeness (QED) is 0.0228. The number of phenolic OH excluding ortho intramolecular Hbond substituents is 1. The first kappa shape index (κ1) is 76.7. The molecule has 0 atom stereocenters. The monoisotopic (exact) mass is 1430 g/mol. The minimum Gasteiger partial charge on any atom is -0.504 e. The lowest BCUT2D eigenvalue weighted by Gasteiger charge is -2.18. The highest BCUT2D eigenvalue weighted by Gasteiger charge is 2.22. The van der Waals surface area contributed by atoms with Crippen molar-refractivity contribution in [3.63, 3.8) is 0 Å². The summed E-state index contributed by atoms with van der Waals surface area (Å²) in [6.07, 6.45) is 26.3. The van der Waals surface area contributed by atoms with E-state index in [0.717, 1.165) is 234 Å². The molecule has 12 rings (SSSR count). The fourth-order valence-electron chi connectivity index (χ4n) is 15.1. The summed E-state index contributed by atoms with van der Waals surface area (Å²) < 4.78 is 58.4. The topological polar surface area (TPSA) is 103 Å². The molecule has 12 aromatic carbocycles. The highest BCUT2D eigenvalue weighted by molar-refractivity contribution is 6.29. The Labute approximate surface area is 634 Å². The molecule has 0 saturated carbocycles. The number of benzene rings is 12. The molecule has 10 nitrogen and oxygen atoms in total. The molecule has 107 heavy (non-hydrogen) atoms. The summed E-state index contributed by atoms with van der Waals surface area (Å²) in [6, 6.07) is 47.0. The predicted octanol–water partition coefficient (Wildman–Crippen LogP) is 26.4. The Balaban J connectivity index is 1.05. The fourth-order valence-corrected chi connectivity index (χ4v) is 15.1. The number of unbranched alkanes of at least 4 members (excludes halogenated alkanes) is 18. The molecule has 1 N–H and O–H groups in total. The Morgan fingerprint density at radius 1 is 0.215 bits per heavy atom. The first-order chi connectivity index (χ1) is 52.6. The van der Waals surface area contributed by atoms with Gasteiger partial charge in [0, 0.05) is 0 Å². The molecule has 0 bridgehead atoms. The predicted molar refractivity (Wildman–Crippen MR) is 448 cm³/mol. The number of aromatic hydroxyl groups is 1. The molecule has 0 radical (unpaired) electrons. The van der Waals surface area contributed by atoms with Crippen LogP contribution in [0.1, 0.15) is 218 Å². The number of rotatable bonds is 39. The average Bonchev–Trinajstić information content (AvgIpc) is 0.746. The van der Waals surface area contributed by atoms with Crippen LogP contribution in [-0.4, -0.2) is 66.1 Å². The van der Waals surface area contributed by atoms with Crippen molar-refractivity contribution in [2.75, 3.05) is 61.0 Å². The zero-order valence-corrected chi connectivity index (χ0v) is 65.0. The van der Waals surface area contributed by atoms with Gasteiger partial charge in [0.2, 0.25) is 0 Å². The molecule has 0 aliphatic rings. The molecule has 0 aliphatic carbocycles. The maximum absolute atomic E-state index is 11.8. The van der Waals surface area contributed by atoms with Crippen LogP contribution in [0, 0.1) is 23.7 Å². The van der Waals surface area contributed by atoms with Gasteiger partial charge in [-0.25, -0.2) is 0 Å². The van der Waals surface area contributed by atoms with Gasteiger partial charge < -0.3 is 47.7 Å². The van der Waals surface area contributed by atoms with Crippen LogP contribution in [0.15, 0.2) is 133 Å². The van der Waals surface area contributed by atoms with Crippen LogP contribution in [0.25, 0.3) is 97.0 Å². The van der Waals surface area contributed by atoms with Crippen LogP contribution in [0.2, 0.25) is 0 Å². The molecule has 0 fully saturated rings. The number of hydrogen-bond acceptors (Lipinski definition) is 10. The molecular weight excluding hydrogens is 1330 g/mol. The summed E-state index contributed by atoms with van der Waals surface area (Å²) in [7, 11) is 5.04. The number of methoxy groups -OCH3 is 3. The van der Waals surface area contributed by atoms with Gasteiger partial charge in [-0.1, -0.05) is 205 Å². The van der Waals surface area contributed by atoms with Crippen molar-refractivity contribution in [2.24, 2.45) is 0 Å². The lowest BCUT2D eigenvalue weighted by atomic mass is 9.91. The van der Waals surface area contributed by atoms with E-state index in [-0.39, 0.29) is 5.75 Å². The standard InChI is InChI=1S/C97H110O10/c1-10-16-22-28-46-102-70-38-42-74-76-44-40-72(104-48-30-24-18-12-3)58-84(76)87-61-93(99-7)66(52-80(87)82(74)56-70)34-36-68-54-78-79-55-69(96(107-51-33-27-21-15-6)64-90(79)91-65-97(101-9)92(98)60-86(91)89(78)63-95(68)106-50-32-26-20-14-5)37-35-67-53-81-83-57-71(103-47-29-23-17-11-2)39-43-75(83)77-45-41-73(105-49-31-25-19-13-4)59-85(77)88(81)62-94(67)100-8/h38-45,52-65,98H,10-33,46-51H2,1-9H3. The second kappa shape index (κ2) is 38.1. The summed E-state index contributed by atoms with van der Waals surface area (Å²) >= 11 is 0. The SMILES string of the molecule is CCCCCCOc1ccc2c3ccc(OCCCCCC)cc3c3cc(OC)c(C#Cc4cc5c6cc(C#Cc7cc8c9cc(OCCCCCC)ccc9c9ccc(OCCCCCC)cc9c8cc7OC)c(OCCCCCC)cc6c6cc(OC)c(O)cc6c5cc4OCCCCCC)cc3c2c1. The van der Waals surface area contributed by atoms with E-state index in [1.807, 2.05) is 12.1 Å². The van der Waals surface area contributed by atoms with Crippen LogP contribution >= 0.6 is 0 Å². The zero-order valence-electron chi connectivity index (χ0n) is 65.0. The Hall–Kier alpha value is -9.90. The third kappa shape index (κ3) is 18.2. The first-order valence-electron chi connectivity index (χ1n) is 40.2. The lowest BCUT2D eigenvalue weighted by Crippen LogP contribution is -2.01. The molecule has 12 aromatic rings. The molecule has 0 aromatic heterocycles. The molecule has 10 heteroatoms. The lowest BCUT2D eigenvalue weighted by molar-refractivity contribution is 0.304. The van der Waals surface area contributed by atoms with Gasteiger partial charge in [0.25, 0.3) is 0 Å². The van der Waals surface area contributed by atoms with Gasteiger partial charge in [-0.05, 0) is 245 Å². The van der Waals surface area contributed by atoms with Crippen molar-refractivity contribution < 1.29 is 47.7 Å². The van der Waals surface area contributed by atoms with Crippen LogP contribution < -0.4 is 42.6 Å². The Morgan fingerprint density at radius 2 is 0.430 bits per heavy atom. The van der Waals surface area contributed by atoms with Crippen LogP contribution in [-0.2, 0) is 0 Å². The Morgan fingerprint density at radius 3 is 0.692 bits per heavy atom. The second-order valence-corrected chi connectivity index (χ2v) is 28.8. The van der Waals surface area contributed by atoms with Gasteiger partial charge in [0.15, 0.2) is 11.5 Å². The molecule has 0 heterocycles. The maximum atomic E-state index is 11.8. The number of ether oxygens (including phenoxy) is 9. The molecule has 0 amide bonds. The minimum atomic E-state index is 0.0322. The van der Waals surface area contributed by atoms with Crippen LogP contribution in [0.3, 0.4) is 0 Å². The van der Waals surface area contributed by atoms with Gasteiger partial charge in [-0.15, -0.1) is 0 Å². The van der Waals surface area contributed by atoms with Gasteiger partial charge in [0.1, 0.15) is 46.0 Å². The van der Waals surface area contributed by atoms with E-state index in [1.54, 1.807) is 21.3 Å². The van der Waals surface area contributed by atoms with E-state index in [0.29, 0.717) is 79.5 Å². The van der Waals surface area contributed by atoms with Gasteiger partial charge in [-0.3, -0.25) is 0 Å². The molecule has 0 saturated heterocycles. The van der Waals surface area contributed by atoms with Crippen molar-refractivity contribution in [3.8, 4) is 81.2 Å². The summed E-state index contributed by atoms with van der Waals surface area (Å²) in [5.41, 5.74) is 2.88. The number of hydrogen-bond donors (Lipinski definition) is 1. The van der Waals surface area contributed by atoms with Crippen LogP contribution in [0.5, 0.6) is 57.5 Å². The normalized spacial score (nSPS) is 11.5. The van der Waals surface area contributed by atoms with Crippen molar-refractivity contribution in [1.29, 1.82) is 0 Å². The van der Waals surface area contributed by atoms with E-state index in [9.17, 15) is 5.11 Å². The minimum absolute atomic E-state index is 0.0322. The van der Waals surface area contributed by atoms with Crippen LogP contribution in [0.4, 0.5) is 0 Å². The summed E-state index contributed by atoms with van der Waals surface area (Å²) in [5.74, 6) is 21.1. The summed E-state index contributed by atoms with van der Waals surface area (Å²) in [5, 5.41) is 30.0. The summed E-state index contributed by atoms with van der Waals surface area (Å²) in [4.78, 5) is 0. The molecular formula is C97H110O10. The highest BCUT2D eigenvalue weighted by Crippen LogP contribution is 2.47. The molecule has 0 aliphatic heterocycles. The summed E-state index contributed by atoms with van der Waals surface area (Å²) in [6.45, 7) is 17.0. The van der Waals surface area contributed by atoms with Gasteiger partial charge >= 0.3 is 0 Å². The van der Waals surface area contributed by atoms with Crippen molar-refractivity contribution >= 4 is 97.0 Å². The average molecular weight is 1440 g/mol. The van der Waals surface area contributed by atoms with E-state index >= 15 is 0 Å². The fraction of sp³-hybridized carbons (Fsp3) is 0.402. The van der Waals surface area contributed by atoms with E-state index in [2.05, 4.69) is 187 Å². The third-order valence-corrected chi connectivity index (χ3v) is 21.1. The van der Waals surface area contributed by atoms with Gasteiger partial charge in [0.05, 0.1) is 83.2 Å². The Bertz CT molecular complexity index is 5220. The maximum Gasteiger partial charge on any atom is 0.161 e. The smallest absolute Gasteiger partial charge is 0.161 e. The van der Waals surface area contributed by atoms with E-state index in [1.165, 1.54) is 51.4 Å². The van der Waals surface area contributed by atoms with Crippen molar-refractivity contribution in [2.45, 2.75) is 196 Å². The van der Waals surface area contributed by atoms with E-state index < -0.39 is 0 Å². The van der Waals surface area contributed by atoms with Crippen molar-refractivity contribution in [1.82, 2.24) is 0 Å². The third-order valence-electron chi connectivity index (χ3n) is 21.1. The Kier molecular flexibility index (Phi) is 27.3. The molecule has 0 spiro atoms. The molecule has 0 unspecified atom stereocenters. The first-order valence-corrected chi connectivity index (χ1v) is 40.2. The zero-order chi connectivity index (χ0) is 74.4. The largest absolute Gasteiger partial charge is 0.504 e.